The van der Waals surface area contributed by atoms with Gasteiger partial charge >= 0.3 is 0 Å². The molecule has 1 heterocycles. The van der Waals surface area contributed by atoms with Crippen LogP contribution in [-0.4, -0.2) is 30.4 Å². The lowest BCUT2D eigenvalue weighted by Crippen LogP contribution is -2.48. The van der Waals surface area contributed by atoms with Gasteiger partial charge in [-0.05, 0) is 53.9 Å². The average Bonchev–Trinajstić information content (AvgIpc) is 2.38. The number of ether oxygens (including phenoxy) is 1. The van der Waals surface area contributed by atoms with Crippen molar-refractivity contribution in [1.29, 1.82) is 0 Å². The monoisotopic (exact) mass is 327 g/mol. The summed E-state index contributed by atoms with van der Waals surface area (Å²) in [5, 5.41) is 9.64. The molecular weight excluding hydrogens is 306 g/mol. The molecule has 3 nitrogen and oxygen atoms in total. The fraction of sp³-hybridized carbons (Fsp3) is 0.600. The van der Waals surface area contributed by atoms with E-state index in [9.17, 15) is 5.11 Å². The summed E-state index contributed by atoms with van der Waals surface area (Å²) in [7, 11) is 0. The highest BCUT2D eigenvalue weighted by Crippen LogP contribution is 2.32. The summed E-state index contributed by atoms with van der Waals surface area (Å²) in [6.45, 7) is 7.77. The van der Waals surface area contributed by atoms with Crippen LogP contribution in [0.5, 0.6) is 0 Å². The van der Waals surface area contributed by atoms with Gasteiger partial charge in [0.15, 0.2) is 0 Å². The molecule has 0 spiro atoms. The van der Waals surface area contributed by atoms with E-state index in [1.807, 2.05) is 12.1 Å². The Morgan fingerprint density at radius 2 is 2.26 bits per heavy atom. The molecule has 0 radical (unpaired) electrons. The molecule has 1 aliphatic heterocycles. The van der Waals surface area contributed by atoms with Crippen LogP contribution >= 0.6 is 15.9 Å². The number of aliphatic hydroxyl groups is 1. The molecule has 0 bridgehead atoms. The normalized spacial score (nSPS) is 25.4. The summed E-state index contributed by atoms with van der Waals surface area (Å²) in [5.41, 5.74) is 2.12. The second-order valence-corrected chi connectivity index (χ2v) is 6.10. The molecule has 0 amide bonds. The lowest BCUT2D eigenvalue weighted by Gasteiger charge is -2.40. The molecule has 0 saturated carbocycles. The van der Waals surface area contributed by atoms with Crippen molar-refractivity contribution >= 4 is 21.6 Å². The van der Waals surface area contributed by atoms with Crippen LogP contribution in [0.1, 0.15) is 38.9 Å². The van der Waals surface area contributed by atoms with Crippen molar-refractivity contribution in [3.05, 3.63) is 28.2 Å². The van der Waals surface area contributed by atoms with Gasteiger partial charge in [0.1, 0.15) is 0 Å². The lowest BCUT2D eigenvalue weighted by molar-refractivity contribution is 0.0299. The molecule has 1 aromatic rings. The molecule has 19 heavy (non-hydrogen) atoms. The van der Waals surface area contributed by atoms with Crippen molar-refractivity contribution in [2.75, 3.05) is 18.1 Å². The molecule has 106 valence electrons. The van der Waals surface area contributed by atoms with Gasteiger partial charge in [-0.3, -0.25) is 0 Å². The Morgan fingerprint density at radius 1 is 1.53 bits per heavy atom. The highest BCUT2D eigenvalue weighted by atomic mass is 79.9. The second kappa shape index (κ2) is 6.25. The maximum atomic E-state index is 9.64. The van der Waals surface area contributed by atoms with Crippen molar-refractivity contribution in [3.63, 3.8) is 0 Å². The number of hydrogen-bond donors (Lipinski definition) is 1. The second-order valence-electron chi connectivity index (χ2n) is 5.25. The van der Waals surface area contributed by atoms with E-state index >= 15 is 0 Å². The topological polar surface area (TPSA) is 32.7 Å². The Labute approximate surface area is 123 Å². The number of nitrogens with zero attached hydrogens (tertiary/aromatic N) is 1. The number of benzene rings is 1. The zero-order valence-electron chi connectivity index (χ0n) is 11.8. The van der Waals surface area contributed by atoms with E-state index in [1.54, 1.807) is 6.92 Å². The Morgan fingerprint density at radius 3 is 2.84 bits per heavy atom. The van der Waals surface area contributed by atoms with Gasteiger partial charge in [-0.25, -0.2) is 0 Å². The standard InChI is InChI=1S/C15H22BrNO2/c1-4-13-9-19-10(2)8-17(13)15-6-5-12(11(3)18)7-14(15)16/h5-7,10-11,13,18H,4,8-9H2,1-3H3. The summed E-state index contributed by atoms with van der Waals surface area (Å²) in [6, 6.07) is 6.52. The van der Waals surface area contributed by atoms with E-state index in [2.05, 4.69) is 40.7 Å². The molecule has 1 aliphatic rings. The first-order chi connectivity index (χ1) is 9.02. The van der Waals surface area contributed by atoms with Crippen LogP contribution in [0, 0.1) is 0 Å². The highest BCUT2D eigenvalue weighted by Gasteiger charge is 2.27. The first-order valence-electron chi connectivity index (χ1n) is 6.88. The average molecular weight is 328 g/mol. The van der Waals surface area contributed by atoms with Gasteiger partial charge in [-0.15, -0.1) is 0 Å². The number of hydrogen-bond acceptors (Lipinski definition) is 3. The van der Waals surface area contributed by atoms with E-state index in [1.165, 1.54) is 5.69 Å². The molecule has 1 saturated heterocycles. The summed E-state index contributed by atoms with van der Waals surface area (Å²) < 4.78 is 6.78. The first kappa shape index (κ1) is 14.8. The van der Waals surface area contributed by atoms with Crippen LogP contribution in [-0.2, 0) is 4.74 Å². The molecular formula is C15H22BrNO2. The van der Waals surface area contributed by atoms with Gasteiger partial charge in [-0.1, -0.05) is 13.0 Å². The molecule has 4 heteroatoms. The fourth-order valence-corrected chi connectivity index (χ4v) is 3.12. The zero-order valence-corrected chi connectivity index (χ0v) is 13.4. The predicted molar refractivity (Wildman–Crippen MR) is 81.6 cm³/mol. The number of aliphatic hydroxyl groups excluding tert-OH is 1. The quantitative estimate of drug-likeness (QED) is 0.922. The summed E-state index contributed by atoms with van der Waals surface area (Å²) >= 11 is 3.63. The Kier molecular flexibility index (Phi) is 4.87. The van der Waals surface area contributed by atoms with Crippen molar-refractivity contribution < 1.29 is 9.84 Å². The molecule has 1 fully saturated rings. The summed E-state index contributed by atoms with van der Waals surface area (Å²) in [5.74, 6) is 0. The van der Waals surface area contributed by atoms with E-state index < -0.39 is 6.10 Å². The van der Waals surface area contributed by atoms with Crippen LogP contribution < -0.4 is 4.90 Å². The van der Waals surface area contributed by atoms with Crippen molar-refractivity contribution in [1.82, 2.24) is 0 Å². The Hall–Kier alpha value is -0.580. The minimum Gasteiger partial charge on any atom is -0.389 e. The molecule has 1 aromatic carbocycles. The van der Waals surface area contributed by atoms with Crippen LogP contribution in [0.15, 0.2) is 22.7 Å². The van der Waals surface area contributed by atoms with E-state index in [0.717, 1.165) is 29.6 Å². The number of halogens is 1. The summed E-state index contributed by atoms with van der Waals surface area (Å²) in [4.78, 5) is 2.41. The van der Waals surface area contributed by atoms with Crippen molar-refractivity contribution in [2.24, 2.45) is 0 Å². The molecule has 3 atom stereocenters. The van der Waals surface area contributed by atoms with E-state index in [0.29, 0.717) is 6.04 Å². The van der Waals surface area contributed by atoms with Gasteiger partial charge in [-0.2, -0.15) is 0 Å². The Balaban J connectivity index is 2.28. The maximum absolute atomic E-state index is 9.64. The van der Waals surface area contributed by atoms with Crippen LogP contribution in [0.25, 0.3) is 0 Å². The third-order valence-electron chi connectivity index (χ3n) is 3.70. The predicted octanol–water partition coefficient (Wildman–Crippen LogP) is 3.51. The number of morpholine rings is 1. The molecule has 2 rings (SSSR count). The van der Waals surface area contributed by atoms with Gasteiger partial charge in [0, 0.05) is 11.0 Å². The third-order valence-corrected chi connectivity index (χ3v) is 4.34. The number of rotatable bonds is 3. The highest BCUT2D eigenvalue weighted by molar-refractivity contribution is 9.10. The largest absolute Gasteiger partial charge is 0.389 e. The first-order valence-corrected chi connectivity index (χ1v) is 7.68. The van der Waals surface area contributed by atoms with Crippen LogP contribution in [0.4, 0.5) is 5.69 Å². The van der Waals surface area contributed by atoms with Crippen LogP contribution in [0.2, 0.25) is 0 Å². The zero-order chi connectivity index (χ0) is 14.0. The minimum atomic E-state index is -0.434. The van der Waals surface area contributed by atoms with Crippen molar-refractivity contribution in [2.45, 2.75) is 45.4 Å². The van der Waals surface area contributed by atoms with Gasteiger partial charge in [0.05, 0.1) is 30.5 Å². The van der Waals surface area contributed by atoms with E-state index in [4.69, 9.17) is 4.74 Å². The van der Waals surface area contributed by atoms with Gasteiger partial charge < -0.3 is 14.7 Å². The SMILES string of the molecule is CCC1COC(C)CN1c1ccc(C(C)O)cc1Br. The minimum absolute atomic E-state index is 0.256. The molecule has 3 unspecified atom stereocenters. The lowest BCUT2D eigenvalue weighted by atomic mass is 10.1. The summed E-state index contributed by atoms with van der Waals surface area (Å²) in [6.07, 6.45) is 0.888. The fourth-order valence-electron chi connectivity index (χ4n) is 2.49. The molecule has 0 aromatic heterocycles. The van der Waals surface area contributed by atoms with Crippen LogP contribution in [0.3, 0.4) is 0 Å². The third kappa shape index (κ3) is 3.30. The molecule has 0 aliphatic carbocycles. The number of anilines is 1. The van der Waals surface area contributed by atoms with Gasteiger partial charge in [0.25, 0.3) is 0 Å². The van der Waals surface area contributed by atoms with E-state index in [-0.39, 0.29) is 6.10 Å². The smallest absolute Gasteiger partial charge is 0.0762 e. The van der Waals surface area contributed by atoms with Gasteiger partial charge in [0.2, 0.25) is 0 Å². The maximum Gasteiger partial charge on any atom is 0.0762 e. The molecule has 1 N–H and O–H groups in total. The Bertz CT molecular complexity index is 436. The van der Waals surface area contributed by atoms with Crippen molar-refractivity contribution in [3.8, 4) is 0 Å².